The lowest BCUT2D eigenvalue weighted by atomic mass is 10.1. The Labute approximate surface area is 95.0 Å². The van der Waals surface area contributed by atoms with Gasteiger partial charge in [-0.05, 0) is 44.6 Å². The van der Waals surface area contributed by atoms with Gasteiger partial charge in [-0.15, -0.1) is 0 Å². The Bertz CT molecular complexity index is 361. The van der Waals surface area contributed by atoms with Crippen molar-refractivity contribution in [1.29, 1.82) is 0 Å². The van der Waals surface area contributed by atoms with Gasteiger partial charge in [-0.25, -0.2) is 4.39 Å². The molecule has 0 radical (unpaired) electrons. The number of rotatable bonds is 4. The SMILES string of the molecule is CNCCC=Cc1cc(Cl)c(C)cc1F. The molecule has 82 valence electrons. The molecule has 1 nitrogen and oxygen atoms in total. The van der Waals surface area contributed by atoms with Crippen LogP contribution in [0.4, 0.5) is 4.39 Å². The molecule has 0 aliphatic heterocycles. The van der Waals surface area contributed by atoms with E-state index in [4.69, 9.17) is 11.6 Å². The van der Waals surface area contributed by atoms with Gasteiger partial charge in [0.05, 0.1) is 0 Å². The van der Waals surface area contributed by atoms with Crippen LogP contribution in [0.15, 0.2) is 18.2 Å². The van der Waals surface area contributed by atoms with E-state index in [0.717, 1.165) is 18.5 Å². The Morgan fingerprint density at radius 3 is 2.87 bits per heavy atom. The van der Waals surface area contributed by atoms with Gasteiger partial charge in [0.15, 0.2) is 0 Å². The Hall–Kier alpha value is -0.860. The van der Waals surface area contributed by atoms with E-state index >= 15 is 0 Å². The standard InChI is InChI=1S/C12H15ClFN/c1-9-7-12(14)10(8-11(9)13)5-3-4-6-15-2/h3,5,7-8,15H,4,6H2,1-2H3. The highest BCUT2D eigenvalue weighted by Gasteiger charge is 2.02. The molecule has 1 aromatic carbocycles. The van der Waals surface area contributed by atoms with Crippen LogP contribution in [-0.4, -0.2) is 13.6 Å². The lowest BCUT2D eigenvalue weighted by Gasteiger charge is -2.01. The highest BCUT2D eigenvalue weighted by atomic mass is 35.5. The Morgan fingerprint density at radius 2 is 2.20 bits per heavy atom. The van der Waals surface area contributed by atoms with Crippen LogP contribution in [0, 0.1) is 12.7 Å². The summed E-state index contributed by atoms with van der Waals surface area (Å²) in [6, 6.07) is 3.11. The van der Waals surface area contributed by atoms with Gasteiger partial charge in [0.25, 0.3) is 0 Å². The molecule has 0 atom stereocenters. The second kappa shape index (κ2) is 5.89. The number of hydrogen-bond acceptors (Lipinski definition) is 1. The minimum atomic E-state index is -0.224. The first kappa shape index (κ1) is 12.2. The number of hydrogen-bond donors (Lipinski definition) is 1. The molecule has 0 aliphatic rings. The molecular formula is C12H15ClFN. The minimum Gasteiger partial charge on any atom is -0.319 e. The summed E-state index contributed by atoms with van der Waals surface area (Å²) in [5.74, 6) is -0.224. The molecule has 0 bridgehead atoms. The molecule has 0 amide bonds. The van der Waals surface area contributed by atoms with Crippen LogP contribution >= 0.6 is 11.6 Å². The largest absolute Gasteiger partial charge is 0.319 e. The number of halogens is 2. The topological polar surface area (TPSA) is 12.0 Å². The van der Waals surface area contributed by atoms with E-state index in [1.807, 2.05) is 13.1 Å². The van der Waals surface area contributed by atoms with Crippen molar-refractivity contribution < 1.29 is 4.39 Å². The van der Waals surface area contributed by atoms with E-state index in [2.05, 4.69) is 5.32 Å². The van der Waals surface area contributed by atoms with Crippen LogP contribution in [0.25, 0.3) is 6.08 Å². The third-order valence-electron chi connectivity index (χ3n) is 2.14. The third kappa shape index (κ3) is 3.65. The number of nitrogens with one attached hydrogen (secondary N) is 1. The van der Waals surface area contributed by atoms with Crippen molar-refractivity contribution in [1.82, 2.24) is 5.32 Å². The van der Waals surface area contributed by atoms with E-state index in [0.29, 0.717) is 10.6 Å². The first-order valence-corrected chi connectivity index (χ1v) is 5.29. The molecule has 3 heteroatoms. The predicted octanol–water partition coefficient (Wildman–Crippen LogP) is 3.41. The van der Waals surface area contributed by atoms with Crippen molar-refractivity contribution in [2.75, 3.05) is 13.6 Å². The highest BCUT2D eigenvalue weighted by Crippen LogP contribution is 2.20. The molecule has 1 N–H and O–H groups in total. The van der Waals surface area contributed by atoms with Gasteiger partial charge < -0.3 is 5.32 Å². The quantitative estimate of drug-likeness (QED) is 0.778. The van der Waals surface area contributed by atoms with Gasteiger partial charge in [-0.3, -0.25) is 0 Å². The van der Waals surface area contributed by atoms with Gasteiger partial charge in [0, 0.05) is 10.6 Å². The van der Waals surface area contributed by atoms with E-state index in [1.165, 1.54) is 6.07 Å². The van der Waals surface area contributed by atoms with Crippen LogP contribution in [0.2, 0.25) is 5.02 Å². The number of benzene rings is 1. The zero-order valence-corrected chi connectivity index (χ0v) is 9.74. The summed E-state index contributed by atoms with van der Waals surface area (Å²) in [6.07, 6.45) is 4.57. The van der Waals surface area contributed by atoms with Crippen molar-refractivity contribution in [3.8, 4) is 0 Å². The summed E-state index contributed by atoms with van der Waals surface area (Å²) in [5.41, 5.74) is 1.31. The first-order valence-electron chi connectivity index (χ1n) is 4.92. The third-order valence-corrected chi connectivity index (χ3v) is 2.54. The summed E-state index contributed by atoms with van der Waals surface area (Å²) >= 11 is 5.91. The summed E-state index contributed by atoms with van der Waals surface area (Å²) in [4.78, 5) is 0. The Kier molecular flexibility index (Phi) is 4.79. The molecule has 0 saturated heterocycles. The second-order valence-corrected chi connectivity index (χ2v) is 3.82. The Morgan fingerprint density at radius 1 is 1.47 bits per heavy atom. The van der Waals surface area contributed by atoms with Crippen LogP contribution in [-0.2, 0) is 0 Å². The zero-order chi connectivity index (χ0) is 11.3. The van der Waals surface area contributed by atoms with Crippen LogP contribution < -0.4 is 5.32 Å². The molecule has 0 aromatic heterocycles. The maximum Gasteiger partial charge on any atom is 0.130 e. The summed E-state index contributed by atoms with van der Waals surface area (Å²) in [7, 11) is 1.89. The normalized spacial score (nSPS) is 11.2. The van der Waals surface area contributed by atoms with Crippen LogP contribution in [0.3, 0.4) is 0 Å². The monoisotopic (exact) mass is 227 g/mol. The second-order valence-electron chi connectivity index (χ2n) is 3.42. The highest BCUT2D eigenvalue weighted by molar-refractivity contribution is 6.31. The fourth-order valence-corrected chi connectivity index (χ4v) is 1.40. The van der Waals surface area contributed by atoms with Crippen molar-refractivity contribution in [2.45, 2.75) is 13.3 Å². The summed E-state index contributed by atoms with van der Waals surface area (Å²) in [5, 5.41) is 3.62. The lowest BCUT2D eigenvalue weighted by Crippen LogP contribution is -2.05. The average Bonchev–Trinajstić information content (AvgIpc) is 2.20. The van der Waals surface area contributed by atoms with E-state index < -0.39 is 0 Å². The van der Waals surface area contributed by atoms with Crippen LogP contribution in [0.5, 0.6) is 0 Å². The van der Waals surface area contributed by atoms with Crippen molar-refractivity contribution in [3.63, 3.8) is 0 Å². The molecule has 15 heavy (non-hydrogen) atoms. The van der Waals surface area contributed by atoms with Crippen molar-refractivity contribution >= 4 is 17.7 Å². The maximum absolute atomic E-state index is 13.4. The maximum atomic E-state index is 13.4. The van der Waals surface area contributed by atoms with E-state index in [1.54, 1.807) is 19.1 Å². The van der Waals surface area contributed by atoms with Crippen LogP contribution in [0.1, 0.15) is 17.5 Å². The Balaban J connectivity index is 2.77. The molecule has 1 rings (SSSR count). The summed E-state index contributed by atoms with van der Waals surface area (Å²) < 4.78 is 13.4. The molecule has 1 aromatic rings. The molecular weight excluding hydrogens is 213 g/mol. The van der Waals surface area contributed by atoms with Gasteiger partial charge >= 0.3 is 0 Å². The van der Waals surface area contributed by atoms with Crippen molar-refractivity contribution in [3.05, 3.63) is 40.2 Å². The minimum absolute atomic E-state index is 0.224. The molecule has 0 saturated carbocycles. The fraction of sp³-hybridized carbons (Fsp3) is 0.333. The van der Waals surface area contributed by atoms with Crippen molar-refractivity contribution in [2.24, 2.45) is 0 Å². The average molecular weight is 228 g/mol. The zero-order valence-electron chi connectivity index (χ0n) is 8.98. The van der Waals surface area contributed by atoms with E-state index in [-0.39, 0.29) is 5.82 Å². The fourth-order valence-electron chi connectivity index (χ4n) is 1.23. The molecule has 0 unspecified atom stereocenters. The van der Waals surface area contributed by atoms with E-state index in [9.17, 15) is 4.39 Å². The number of aryl methyl sites for hydroxylation is 1. The van der Waals surface area contributed by atoms with Gasteiger partial charge in [0.2, 0.25) is 0 Å². The first-order chi connectivity index (χ1) is 7.15. The molecule has 0 aliphatic carbocycles. The summed E-state index contributed by atoms with van der Waals surface area (Å²) in [6.45, 7) is 2.68. The predicted molar refractivity (Wildman–Crippen MR) is 63.7 cm³/mol. The lowest BCUT2D eigenvalue weighted by molar-refractivity contribution is 0.624. The van der Waals surface area contributed by atoms with Gasteiger partial charge in [-0.1, -0.05) is 23.8 Å². The molecule has 0 fully saturated rings. The molecule has 0 heterocycles. The molecule has 0 spiro atoms. The smallest absolute Gasteiger partial charge is 0.130 e. The van der Waals surface area contributed by atoms with Gasteiger partial charge in [-0.2, -0.15) is 0 Å². The van der Waals surface area contributed by atoms with Gasteiger partial charge in [0.1, 0.15) is 5.82 Å².